The van der Waals surface area contributed by atoms with E-state index in [2.05, 4.69) is 48.3 Å². The van der Waals surface area contributed by atoms with Crippen LogP contribution in [-0.4, -0.2) is 40.7 Å². The molecule has 3 heteroatoms. The van der Waals surface area contributed by atoms with Gasteiger partial charge in [-0.15, -0.1) is 0 Å². The Hall–Kier alpha value is 0.650. The van der Waals surface area contributed by atoms with E-state index in [1.807, 2.05) is 0 Å². The Balaban J connectivity index is 2.61. The van der Waals surface area contributed by atoms with Crippen molar-refractivity contribution in [3.63, 3.8) is 0 Å². The number of rotatable bonds is 4. The normalized spacial score (nSPS) is 21.5. The summed E-state index contributed by atoms with van der Waals surface area (Å²) in [4.78, 5) is 2.54. The molecule has 12 heavy (non-hydrogen) atoms. The summed E-state index contributed by atoms with van der Waals surface area (Å²) in [6.07, 6.45) is 0. The molecule has 1 aliphatic heterocycles. The van der Waals surface area contributed by atoms with Crippen LogP contribution in [0.25, 0.3) is 0 Å². The Labute approximate surface area is 88.8 Å². The van der Waals surface area contributed by atoms with Gasteiger partial charge < -0.3 is 4.74 Å². The molecule has 0 radical (unpaired) electrons. The van der Waals surface area contributed by atoms with Crippen molar-refractivity contribution in [2.24, 2.45) is 0 Å². The molecular formula is C9H18INO. The minimum Gasteiger partial charge on any atom is -0.377 e. The zero-order valence-corrected chi connectivity index (χ0v) is 10.3. The first kappa shape index (κ1) is 10.7. The molecule has 1 saturated heterocycles. The van der Waals surface area contributed by atoms with Crippen molar-refractivity contribution in [3.05, 3.63) is 0 Å². The molecule has 0 unspecified atom stereocenters. The van der Waals surface area contributed by atoms with E-state index in [-0.39, 0.29) is 0 Å². The highest BCUT2D eigenvalue weighted by Gasteiger charge is 2.43. The zero-order valence-electron chi connectivity index (χ0n) is 8.14. The lowest BCUT2D eigenvalue weighted by molar-refractivity contribution is -0.134. The van der Waals surface area contributed by atoms with E-state index in [0.717, 1.165) is 19.8 Å². The van der Waals surface area contributed by atoms with Crippen molar-refractivity contribution in [3.8, 4) is 0 Å². The maximum Gasteiger partial charge on any atom is 0.0770 e. The third kappa shape index (κ3) is 1.77. The van der Waals surface area contributed by atoms with Gasteiger partial charge in [-0.05, 0) is 20.4 Å². The quantitative estimate of drug-likeness (QED) is 0.577. The van der Waals surface area contributed by atoms with Gasteiger partial charge in [0.2, 0.25) is 0 Å². The number of nitrogens with zero attached hydrogens (tertiary/aromatic N) is 1. The summed E-state index contributed by atoms with van der Waals surface area (Å²) in [5, 5.41) is 0. The van der Waals surface area contributed by atoms with E-state index < -0.39 is 0 Å². The standard InChI is InChI=1S/C9H18INO/c1-4-11(8(2)3)9(5-10)6-12-7-9/h8H,4-7H2,1-3H3. The Bertz CT molecular complexity index is 140. The van der Waals surface area contributed by atoms with Gasteiger partial charge >= 0.3 is 0 Å². The molecule has 0 amide bonds. The number of hydrogen-bond acceptors (Lipinski definition) is 2. The fourth-order valence-electron chi connectivity index (χ4n) is 1.91. The van der Waals surface area contributed by atoms with Gasteiger partial charge in [0.25, 0.3) is 0 Å². The third-order valence-electron chi connectivity index (χ3n) is 2.56. The minimum atomic E-state index is 0.351. The molecule has 0 bridgehead atoms. The van der Waals surface area contributed by atoms with E-state index in [1.54, 1.807) is 0 Å². The van der Waals surface area contributed by atoms with Crippen LogP contribution in [0.15, 0.2) is 0 Å². The highest BCUT2D eigenvalue weighted by Crippen LogP contribution is 2.28. The van der Waals surface area contributed by atoms with Crippen LogP contribution in [0.1, 0.15) is 20.8 Å². The fourth-order valence-corrected chi connectivity index (χ4v) is 2.78. The third-order valence-corrected chi connectivity index (χ3v) is 3.98. The smallest absolute Gasteiger partial charge is 0.0770 e. The van der Waals surface area contributed by atoms with Crippen molar-refractivity contribution < 1.29 is 4.74 Å². The minimum absolute atomic E-state index is 0.351. The van der Waals surface area contributed by atoms with Gasteiger partial charge in [0.05, 0.1) is 18.8 Å². The first-order chi connectivity index (χ1) is 5.66. The van der Waals surface area contributed by atoms with Crippen molar-refractivity contribution in [2.75, 3.05) is 24.2 Å². The molecule has 72 valence electrons. The molecule has 1 rings (SSSR count). The topological polar surface area (TPSA) is 12.5 Å². The molecule has 0 aliphatic carbocycles. The van der Waals surface area contributed by atoms with Crippen molar-refractivity contribution in [2.45, 2.75) is 32.4 Å². The van der Waals surface area contributed by atoms with Gasteiger partial charge in [-0.3, -0.25) is 4.90 Å². The summed E-state index contributed by atoms with van der Waals surface area (Å²) < 4.78 is 6.49. The van der Waals surface area contributed by atoms with Gasteiger partial charge in [0.15, 0.2) is 0 Å². The molecule has 0 N–H and O–H groups in total. The van der Waals surface area contributed by atoms with Gasteiger partial charge in [0, 0.05) is 10.5 Å². The molecule has 0 saturated carbocycles. The number of hydrogen-bond donors (Lipinski definition) is 0. The Kier molecular flexibility index (Phi) is 3.79. The molecule has 0 aromatic rings. The van der Waals surface area contributed by atoms with Crippen LogP contribution in [0.3, 0.4) is 0 Å². The van der Waals surface area contributed by atoms with E-state index in [0.29, 0.717) is 11.6 Å². The van der Waals surface area contributed by atoms with Crippen molar-refractivity contribution in [1.82, 2.24) is 4.90 Å². The highest BCUT2D eigenvalue weighted by atomic mass is 127. The van der Waals surface area contributed by atoms with Crippen LogP contribution in [0, 0.1) is 0 Å². The molecule has 0 atom stereocenters. The van der Waals surface area contributed by atoms with Crippen LogP contribution < -0.4 is 0 Å². The first-order valence-electron chi connectivity index (χ1n) is 4.57. The summed E-state index contributed by atoms with van der Waals surface area (Å²) in [7, 11) is 0. The SMILES string of the molecule is CCN(C(C)C)C1(CI)COC1. The average molecular weight is 283 g/mol. The van der Waals surface area contributed by atoms with Crippen molar-refractivity contribution in [1.29, 1.82) is 0 Å². The summed E-state index contributed by atoms with van der Waals surface area (Å²) in [6.45, 7) is 9.71. The maximum atomic E-state index is 5.32. The molecule has 1 aliphatic rings. The van der Waals surface area contributed by atoms with Crippen LogP contribution in [0.2, 0.25) is 0 Å². The molecule has 2 nitrogen and oxygen atoms in total. The van der Waals surface area contributed by atoms with Crippen LogP contribution in [0.4, 0.5) is 0 Å². The van der Waals surface area contributed by atoms with Gasteiger partial charge in [-0.1, -0.05) is 29.5 Å². The molecule has 0 aromatic carbocycles. The van der Waals surface area contributed by atoms with Crippen LogP contribution >= 0.6 is 22.6 Å². The molecule has 0 aromatic heterocycles. The van der Waals surface area contributed by atoms with Crippen LogP contribution in [-0.2, 0) is 4.74 Å². The average Bonchev–Trinajstić information content (AvgIpc) is 1.95. The van der Waals surface area contributed by atoms with Gasteiger partial charge in [-0.25, -0.2) is 0 Å². The Morgan fingerprint density at radius 2 is 2.08 bits per heavy atom. The number of halogens is 1. The second-order valence-electron chi connectivity index (χ2n) is 3.73. The van der Waals surface area contributed by atoms with E-state index in [9.17, 15) is 0 Å². The summed E-state index contributed by atoms with van der Waals surface area (Å²) >= 11 is 2.47. The number of likely N-dealkylation sites (N-methyl/N-ethyl adjacent to an activating group) is 1. The summed E-state index contributed by atoms with van der Waals surface area (Å²) in [5.74, 6) is 0. The predicted octanol–water partition coefficient (Wildman–Crippen LogP) is 1.92. The second kappa shape index (κ2) is 4.24. The van der Waals surface area contributed by atoms with Crippen LogP contribution in [0.5, 0.6) is 0 Å². The molecular weight excluding hydrogens is 265 g/mol. The molecule has 0 spiro atoms. The fraction of sp³-hybridized carbons (Fsp3) is 1.00. The summed E-state index contributed by atoms with van der Waals surface area (Å²) in [6, 6.07) is 0.633. The maximum absolute atomic E-state index is 5.32. The zero-order chi connectivity index (χ0) is 9.19. The second-order valence-corrected chi connectivity index (χ2v) is 4.49. The number of ether oxygens (including phenoxy) is 1. The van der Waals surface area contributed by atoms with E-state index in [1.165, 1.54) is 4.43 Å². The largest absolute Gasteiger partial charge is 0.377 e. The molecule has 1 heterocycles. The Morgan fingerprint density at radius 3 is 2.17 bits per heavy atom. The van der Waals surface area contributed by atoms with E-state index in [4.69, 9.17) is 4.74 Å². The highest BCUT2D eigenvalue weighted by molar-refractivity contribution is 14.1. The first-order valence-corrected chi connectivity index (χ1v) is 6.09. The monoisotopic (exact) mass is 283 g/mol. The predicted molar refractivity (Wildman–Crippen MR) is 60.0 cm³/mol. The van der Waals surface area contributed by atoms with Crippen molar-refractivity contribution >= 4 is 22.6 Å². The number of alkyl halides is 1. The lowest BCUT2D eigenvalue weighted by Crippen LogP contribution is -2.65. The van der Waals surface area contributed by atoms with E-state index >= 15 is 0 Å². The van der Waals surface area contributed by atoms with Gasteiger partial charge in [-0.2, -0.15) is 0 Å². The molecule has 1 fully saturated rings. The lowest BCUT2D eigenvalue weighted by atomic mass is 9.96. The lowest BCUT2D eigenvalue weighted by Gasteiger charge is -2.50. The van der Waals surface area contributed by atoms with Gasteiger partial charge in [0.1, 0.15) is 0 Å². The Morgan fingerprint density at radius 1 is 1.50 bits per heavy atom. The summed E-state index contributed by atoms with van der Waals surface area (Å²) in [5.41, 5.74) is 0.351.